The first-order valence-corrected chi connectivity index (χ1v) is 9.41. The standard InChI is InChI=1S/C22H22N4O2/c1-13-10-16-21(17(27)11-13)20(15-6-5-8-23-12-15)19(14(2)25-16)22(28)26-18-7-3-4-9-24-18/h3-9,12-13,20,25H,10-11H2,1-2H3,(H,24,26,28). The van der Waals surface area contributed by atoms with Crippen molar-refractivity contribution in [3.8, 4) is 0 Å². The van der Waals surface area contributed by atoms with Crippen LogP contribution in [0.5, 0.6) is 0 Å². The number of aromatic nitrogens is 2. The minimum Gasteiger partial charge on any atom is -0.362 e. The molecule has 1 aliphatic carbocycles. The SMILES string of the molecule is CC1=C(C(=O)Nc2ccccn2)C(c2cccnc2)C2=C(CC(C)CC2=O)N1. The van der Waals surface area contributed by atoms with Gasteiger partial charge >= 0.3 is 0 Å². The van der Waals surface area contributed by atoms with Crippen molar-refractivity contribution in [3.63, 3.8) is 0 Å². The lowest BCUT2D eigenvalue weighted by Gasteiger charge is -2.36. The van der Waals surface area contributed by atoms with Crippen LogP contribution in [0, 0.1) is 5.92 Å². The summed E-state index contributed by atoms with van der Waals surface area (Å²) in [6.07, 6.45) is 6.33. The number of carbonyl (C=O) groups excluding carboxylic acids is 2. The summed E-state index contributed by atoms with van der Waals surface area (Å²) < 4.78 is 0. The lowest BCUT2D eigenvalue weighted by molar-refractivity contribution is -0.117. The molecular weight excluding hydrogens is 352 g/mol. The summed E-state index contributed by atoms with van der Waals surface area (Å²) >= 11 is 0. The van der Waals surface area contributed by atoms with Gasteiger partial charge < -0.3 is 10.6 Å². The van der Waals surface area contributed by atoms with E-state index in [1.807, 2.05) is 25.1 Å². The van der Waals surface area contributed by atoms with Crippen molar-refractivity contribution in [1.29, 1.82) is 0 Å². The fourth-order valence-electron chi connectivity index (χ4n) is 4.04. The molecule has 0 radical (unpaired) electrons. The maximum atomic E-state index is 13.2. The number of anilines is 1. The maximum Gasteiger partial charge on any atom is 0.255 e. The van der Waals surface area contributed by atoms with E-state index < -0.39 is 5.92 Å². The van der Waals surface area contributed by atoms with Crippen LogP contribution in [-0.2, 0) is 9.59 Å². The fourth-order valence-corrected chi connectivity index (χ4v) is 4.04. The second-order valence-corrected chi connectivity index (χ2v) is 7.38. The monoisotopic (exact) mass is 374 g/mol. The van der Waals surface area contributed by atoms with E-state index in [0.717, 1.165) is 23.4 Å². The van der Waals surface area contributed by atoms with Gasteiger partial charge in [0.2, 0.25) is 0 Å². The summed E-state index contributed by atoms with van der Waals surface area (Å²) in [5.74, 6) is 0.140. The van der Waals surface area contributed by atoms with E-state index in [1.165, 1.54) is 0 Å². The van der Waals surface area contributed by atoms with Crippen LogP contribution in [0.4, 0.5) is 5.82 Å². The quantitative estimate of drug-likeness (QED) is 0.861. The molecule has 0 saturated carbocycles. The third-order valence-corrected chi connectivity index (χ3v) is 5.20. The van der Waals surface area contributed by atoms with Crippen LogP contribution < -0.4 is 10.6 Å². The topological polar surface area (TPSA) is 84.0 Å². The molecule has 0 spiro atoms. The molecule has 1 amide bonds. The molecule has 28 heavy (non-hydrogen) atoms. The Hall–Kier alpha value is -3.28. The highest BCUT2D eigenvalue weighted by molar-refractivity contribution is 6.09. The number of rotatable bonds is 3. The summed E-state index contributed by atoms with van der Waals surface area (Å²) in [4.78, 5) is 34.6. The number of pyridine rings is 2. The number of nitrogens with one attached hydrogen (secondary N) is 2. The zero-order chi connectivity index (χ0) is 19.7. The first kappa shape index (κ1) is 18.1. The van der Waals surface area contributed by atoms with Crippen molar-refractivity contribution in [2.45, 2.75) is 32.6 Å². The van der Waals surface area contributed by atoms with E-state index in [9.17, 15) is 9.59 Å². The number of nitrogens with zero attached hydrogens (tertiary/aromatic N) is 2. The van der Waals surface area contributed by atoms with Crippen molar-refractivity contribution < 1.29 is 9.59 Å². The van der Waals surface area contributed by atoms with E-state index in [1.54, 1.807) is 30.7 Å². The summed E-state index contributed by atoms with van der Waals surface area (Å²) in [7, 11) is 0. The number of hydrogen-bond acceptors (Lipinski definition) is 5. The molecular formula is C22H22N4O2. The Morgan fingerprint density at radius 2 is 2.04 bits per heavy atom. The molecule has 6 nitrogen and oxygen atoms in total. The molecule has 4 rings (SSSR count). The molecule has 0 saturated heterocycles. The van der Waals surface area contributed by atoms with Crippen LogP contribution in [-0.4, -0.2) is 21.7 Å². The molecule has 0 bridgehead atoms. The normalized spacial score (nSPS) is 21.9. The number of allylic oxidation sites excluding steroid dienone is 3. The number of Topliss-reactive ketones (excluding diaryl/α,β-unsaturated/α-hetero) is 1. The van der Waals surface area contributed by atoms with E-state index in [2.05, 4.69) is 27.5 Å². The van der Waals surface area contributed by atoms with E-state index in [4.69, 9.17) is 0 Å². The third kappa shape index (κ3) is 3.33. The molecule has 142 valence electrons. The summed E-state index contributed by atoms with van der Waals surface area (Å²) in [6, 6.07) is 9.09. The number of hydrogen-bond donors (Lipinski definition) is 2. The Morgan fingerprint density at radius 3 is 2.75 bits per heavy atom. The second-order valence-electron chi connectivity index (χ2n) is 7.38. The van der Waals surface area contributed by atoms with Gasteiger partial charge in [-0.2, -0.15) is 0 Å². The van der Waals surface area contributed by atoms with Gasteiger partial charge in [-0.1, -0.05) is 19.1 Å². The molecule has 2 N–H and O–H groups in total. The van der Waals surface area contributed by atoms with Crippen molar-refractivity contribution in [2.24, 2.45) is 5.92 Å². The van der Waals surface area contributed by atoms with Gasteiger partial charge in [0.05, 0.1) is 0 Å². The van der Waals surface area contributed by atoms with Crippen LogP contribution in [0.1, 0.15) is 38.2 Å². The lowest BCUT2D eigenvalue weighted by Crippen LogP contribution is -2.37. The number of carbonyl (C=O) groups is 2. The molecule has 6 heteroatoms. The Morgan fingerprint density at radius 1 is 1.18 bits per heavy atom. The van der Waals surface area contributed by atoms with Crippen LogP contribution in [0.15, 0.2) is 71.5 Å². The average molecular weight is 374 g/mol. The van der Waals surface area contributed by atoms with Crippen molar-refractivity contribution >= 4 is 17.5 Å². The Balaban J connectivity index is 1.79. The minimum absolute atomic E-state index is 0.0886. The number of dihydropyridines is 1. The smallest absolute Gasteiger partial charge is 0.255 e. The van der Waals surface area contributed by atoms with Crippen molar-refractivity contribution in [1.82, 2.24) is 15.3 Å². The summed E-state index contributed by atoms with van der Waals surface area (Å²) in [5, 5.41) is 6.19. The Kier molecular flexibility index (Phi) is 4.77. The average Bonchev–Trinajstić information content (AvgIpc) is 2.68. The minimum atomic E-state index is -0.436. The third-order valence-electron chi connectivity index (χ3n) is 5.20. The highest BCUT2D eigenvalue weighted by Crippen LogP contribution is 2.43. The van der Waals surface area contributed by atoms with Gasteiger partial charge in [-0.05, 0) is 43.0 Å². The lowest BCUT2D eigenvalue weighted by atomic mass is 9.73. The van der Waals surface area contributed by atoms with Gasteiger partial charge in [-0.3, -0.25) is 14.6 Å². The van der Waals surface area contributed by atoms with Gasteiger partial charge in [-0.15, -0.1) is 0 Å². The van der Waals surface area contributed by atoms with Crippen LogP contribution in [0.2, 0.25) is 0 Å². The van der Waals surface area contributed by atoms with Crippen molar-refractivity contribution in [2.75, 3.05) is 5.32 Å². The molecule has 1 aliphatic heterocycles. The molecule has 2 atom stereocenters. The number of amides is 1. The van der Waals surface area contributed by atoms with Gasteiger partial charge in [-0.25, -0.2) is 4.98 Å². The van der Waals surface area contributed by atoms with Gasteiger partial charge in [0.1, 0.15) is 5.82 Å². The Bertz CT molecular complexity index is 980. The first-order valence-electron chi connectivity index (χ1n) is 9.41. The van der Waals surface area contributed by atoms with Crippen LogP contribution in [0.25, 0.3) is 0 Å². The summed E-state index contributed by atoms with van der Waals surface area (Å²) in [6.45, 7) is 3.95. The predicted molar refractivity (Wildman–Crippen MR) is 106 cm³/mol. The second kappa shape index (κ2) is 7.38. The molecule has 2 aromatic rings. The molecule has 3 heterocycles. The zero-order valence-electron chi connectivity index (χ0n) is 15.9. The zero-order valence-corrected chi connectivity index (χ0v) is 15.9. The predicted octanol–water partition coefficient (Wildman–Crippen LogP) is 3.33. The Labute approximate surface area is 163 Å². The first-order chi connectivity index (χ1) is 13.5. The fraction of sp³-hybridized carbons (Fsp3) is 0.273. The summed E-state index contributed by atoms with van der Waals surface area (Å²) in [5.41, 5.74) is 3.72. The molecule has 2 unspecified atom stereocenters. The van der Waals surface area contributed by atoms with Crippen molar-refractivity contribution in [3.05, 3.63) is 77.0 Å². The molecule has 2 aliphatic rings. The number of ketones is 1. The van der Waals surface area contributed by atoms with E-state index in [-0.39, 0.29) is 17.6 Å². The highest BCUT2D eigenvalue weighted by Gasteiger charge is 2.39. The molecule has 0 aromatic carbocycles. The van der Waals surface area contributed by atoms with Crippen LogP contribution >= 0.6 is 0 Å². The molecule has 0 fully saturated rings. The van der Waals surface area contributed by atoms with E-state index >= 15 is 0 Å². The van der Waals surface area contributed by atoms with Gasteiger partial charge in [0.25, 0.3) is 5.91 Å². The largest absolute Gasteiger partial charge is 0.362 e. The van der Waals surface area contributed by atoms with Crippen LogP contribution in [0.3, 0.4) is 0 Å². The maximum absolute atomic E-state index is 13.2. The van der Waals surface area contributed by atoms with E-state index in [0.29, 0.717) is 23.4 Å². The van der Waals surface area contributed by atoms with Gasteiger partial charge in [0.15, 0.2) is 5.78 Å². The molecule has 2 aromatic heterocycles. The highest BCUT2D eigenvalue weighted by atomic mass is 16.2. The van der Waals surface area contributed by atoms with Gasteiger partial charge in [0, 0.05) is 53.5 Å².